The van der Waals surface area contributed by atoms with Gasteiger partial charge in [-0.05, 0) is 20.8 Å². The molecule has 88 valence electrons. The van der Waals surface area contributed by atoms with Gasteiger partial charge >= 0.3 is 6.09 Å². The summed E-state index contributed by atoms with van der Waals surface area (Å²) in [6, 6.07) is 1.77. The van der Waals surface area contributed by atoms with Crippen LogP contribution in [0.3, 0.4) is 0 Å². The highest BCUT2D eigenvalue weighted by molar-refractivity contribution is 5.92. The minimum absolute atomic E-state index is 0.0539. The number of hydrogen-bond donors (Lipinski definition) is 2. The van der Waals surface area contributed by atoms with Crippen LogP contribution in [0.25, 0.3) is 0 Å². The number of amides is 1. The fourth-order valence-corrected chi connectivity index (χ4v) is 1.11. The molecule has 1 aromatic heterocycles. The quantitative estimate of drug-likeness (QED) is 0.386. The van der Waals surface area contributed by atoms with Crippen molar-refractivity contribution in [1.29, 1.82) is 5.41 Å². The van der Waals surface area contributed by atoms with Crippen molar-refractivity contribution in [2.45, 2.75) is 26.4 Å². The van der Waals surface area contributed by atoms with E-state index in [0.29, 0.717) is 0 Å². The van der Waals surface area contributed by atoms with Crippen LogP contribution in [-0.2, 0) is 11.8 Å². The maximum Gasteiger partial charge on any atom is 0.414 e. The van der Waals surface area contributed by atoms with Crippen LogP contribution in [0.1, 0.15) is 20.8 Å². The maximum absolute atomic E-state index is 11.4. The van der Waals surface area contributed by atoms with E-state index in [9.17, 15) is 4.79 Å². The van der Waals surface area contributed by atoms with Crippen molar-refractivity contribution < 1.29 is 14.2 Å². The Hall–Kier alpha value is -1.85. The number of alkyl carbamates (subject to hydrolysis) is 1. The Morgan fingerprint density at radius 1 is 1.50 bits per heavy atom. The predicted octanol–water partition coefficient (Wildman–Crippen LogP) is 0.620. The number of nitrogens with one attached hydrogen (secondary N) is 2. The molecule has 2 N–H and O–H groups in total. The Morgan fingerprint density at radius 2 is 2.12 bits per heavy atom. The lowest BCUT2D eigenvalue weighted by Crippen LogP contribution is -2.48. The second-order valence-corrected chi connectivity index (χ2v) is 4.38. The topological polar surface area (TPSA) is 71.0 Å². The number of hydrogen-bond acceptors (Lipinski definition) is 3. The molecular weight excluding hydrogens is 208 g/mol. The summed E-state index contributed by atoms with van der Waals surface area (Å²) >= 11 is 0. The first-order valence-corrected chi connectivity index (χ1v) is 4.92. The van der Waals surface area contributed by atoms with Crippen molar-refractivity contribution in [3.05, 3.63) is 18.5 Å². The molecule has 0 atom stereocenters. The average molecular weight is 225 g/mol. The number of carbonyl (C=O) groups excluding carboxylic acids is 1. The maximum atomic E-state index is 11.4. The van der Waals surface area contributed by atoms with E-state index in [-0.39, 0.29) is 5.96 Å². The van der Waals surface area contributed by atoms with E-state index in [4.69, 9.17) is 10.1 Å². The Morgan fingerprint density at radius 3 is 2.56 bits per heavy atom. The molecule has 0 unspecified atom stereocenters. The third-order valence-electron chi connectivity index (χ3n) is 1.72. The smallest absolute Gasteiger partial charge is 0.414 e. The van der Waals surface area contributed by atoms with Gasteiger partial charge in [0, 0.05) is 6.07 Å². The molecule has 16 heavy (non-hydrogen) atoms. The lowest BCUT2D eigenvalue weighted by Gasteiger charge is -2.19. The van der Waals surface area contributed by atoms with Gasteiger partial charge in [-0.25, -0.2) is 4.79 Å². The standard InChI is InChI=1S/C10H16N4O2/c1-10(2,3)16-9(15)12-8(11)14-7-5-6-13(14)4/h5-7H,1-4H3,(H-,11,12,15)/p+1. The molecular formula is C10H17N4O2+. The van der Waals surface area contributed by atoms with Crippen LogP contribution in [0.15, 0.2) is 18.5 Å². The van der Waals surface area contributed by atoms with E-state index in [0.717, 1.165) is 0 Å². The van der Waals surface area contributed by atoms with Crippen molar-refractivity contribution in [1.82, 2.24) is 10.00 Å². The van der Waals surface area contributed by atoms with E-state index in [1.165, 1.54) is 4.68 Å². The Balaban J connectivity index is 2.60. The molecule has 0 aliphatic heterocycles. The highest BCUT2D eigenvalue weighted by Gasteiger charge is 2.19. The second kappa shape index (κ2) is 4.34. The number of aryl methyl sites for hydroxylation is 1. The minimum atomic E-state index is -0.633. The lowest BCUT2D eigenvalue weighted by molar-refractivity contribution is -0.741. The number of ether oxygens (including phenoxy) is 1. The van der Waals surface area contributed by atoms with E-state index >= 15 is 0 Å². The first-order chi connectivity index (χ1) is 7.29. The summed E-state index contributed by atoms with van der Waals surface area (Å²) in [5.74, 6) is -0.0539. The van der Waals surface area contributed by atoms with Crippen LogP contribution in [0, 0.1) is 5.41 Å². The first kappa shape index (κ1) is 12.2. The third-order valence-corrected chi connectivity index (χ3v) is 1.72. The van der Waals surface area contributed by atoms with Gasteiger partial charge in [-0.1, -0.05) is 4.68 Å². The molecule has 0 saturated heterocycles. The van der Waals surface area contributed by atoms with E-state index in [1.807, 2.05) is 0 Å². The zero-order valence-corrected chi connectivity index (χ0v) is 9.94. The van der Waals surface area contributed by atoms with Crippen LogP contribution in [0.2, 0.25) is 0 Å². The van der Waals surface area contributed by atoms with Gasteiger partial charge in [-0.2, -0.15) is 0 Å². The number of rotatable bonds is 0. The molecule has 6 nitrogen and oxygen atoms in total. The van der Waals surface area contributed by atoms with Gasteiger partial charge in [0.2, 0.25) is 0 Å². The lowest BCUT2D eigenvalue weighted by atomic mass is 10.2. The summed E-state index contributed by atoms with van der Waals surface area (Å²) in [6.45, 7) is 5.31. The summed E-state index contributed by atoms with van der Waals surface area (Å²) < 4.78 is 8.18. The van der Waals surface area contributed by atoms with Crippen molar-refractivity contribution in [3.63, 3.8) is 0 Å². The van der Waals surface area contributed by atoms with Gasteiger partial charge < -0.3 is 4.74 Å². The summed E-state index contributed by atoms with van der Waals surface area (Å²) in [5.41, 5.74) is -0.566. The SMILES string of the molecule is C[n+]1cccn1C(=N)NC(=O)OC(C)(C)C. The van der Waals surface area contributed by atoms with Crippen molar-refractivity contribution in [2.24, 2.45) is 7.05 Å². The normalized spacial score (nSPS) is 11.0. The molecule has 6 heteroatoms. The molecule has 0 radical (unpaired) electrons. The summed E-state index contributed by atoms with van der Waals surface area (Å²) in [5, 5.41) is 10.00. The molecule has 0 aromatic carbocycles. The fraction of sp³-hybridized carbons (Fsp3) is 0.500. The minimum Gasteiger partial charge on any atom is -0.444 e. The Kier molecular flexibility index (Phi) is 3.31. The number of nitrogens with zero attached hydrogens (tertiary/aromatic N) is 2. The molecule has 1 rings (SSSR count). The molecule has 1 aromatic rings. The van der Waals surface area contributed by atoms with Gasteiger partial charge in [0.1, 0.15) is 5.60 Å². The van der Waals surface area contributed by atoms with E-state index in [2.05, 4.69) is 5.32 Å². The monoisotopic (exact) mass is 225 g/mol. The zero-order valence-electron chi connectivity index (χ0n) is 9.94. The van der Waals surface area contributed by atoms with Crippen molar-refractivity contribution >= 4 is 12.1 Å². The van der Waals surface area contributed by atoms with Crippen LogP contribution >= 0.6 is 0 Å². The average Bonchev–Trinajstić information content (AvgIpc) is 2.47. The highest BCUT2D eigenvalue weighted by Crippen LogP contribution is 2.06. The van der Waals surface area contributed by atoms with Gasteiger partial charge in [0.25, 0.3) is 5.96 Å². The number of aromatic nitrogens is 2. The molecule has 1 amide bonds. The largest absolute Gasteiger partial charge is 0.444 e. The summed E-state index contributed by atoms with van der Waals surface area (Å²) in [7, 11) is 1.77. The van der Waals surface area contributed by atoms with Gasteiger partial charge in [-0.15, -0.1) is 4.68 Å². The van der Waals surface area contributed by atoms with Crippen LogP contribution < -0.4 is 10.00 Å². The summed E-state index contributed by atoms with van der Waals surface area (Å²) in [4.78, 5) is 11.4. The number of carbonyl (C=O) groups is 1. The van der Waals surface area contributed by atoms with Crippen molar-refractivity contribution in [3.8, 4) is 0 Å². The highest BCUT2D eigenvalue weighted by atomic mass is 16.6. The Labute approximate surface area is 94.3 Å². The Bertz CT molecular complexity index is 403. The van der Waals surface area contributed by atoms with Gasteiger partial charge in [0.15, 0.2) is 13.2 Å². The van der Waals surface area contributed by atoms with E-state index in [1.54, 1.807) is 51.0 Å². The molecule has 0 aliphatic carbocycles. The molecule has 0 saturated carbocycles. The molecule has 0 spiro atoms. The third kappa shape index (κ3) is 3.38. The molecule has 1 heterocycles. The van der Waals surface area contributed by atoms with Crippen LogP contribution in [0.4, 0.5) is 4.79 Å². The summed E-state index contributed by atoms with van der Waals surface area (Å²) in [6.07, 6.45) is 2.80. The fourth-order valence-electron chi connectivity index (χ4n) is 1.11. The zero-order chi connectivity index (χ0) is 12.3. The molecule has 0 bridgehead atoms. The molecule has 0 aliphatic rings. The predicted molar refractivity (Wildman–Crippen MR) is 58.1 cm³/mol. The van der Waals surface area contributed by atoms with E-state index < -0.39 is 11.7 Å². The molecule has 0 fully saturated rings. The second-order valence-electron chi connectivity index (χ2n) is 4.38. The van der Waals surface area contributed by atoms with Crippen molar-refractivity contribution in [2.75, 3.05) is 0 Å². The van der Waals surface area contributed by atoms with Crippen LogP contribution in [0.5, 0.6) is 0 Å². The van der Waals surface area contributed by atoms with Gasteiger partial charge in [0.05, 0.1) is 6.20 Å². The van der Waals surface area contributed by atoms with Crippen LogP contribution in [-0.4, -0.2) is 22.3 Å². The van der Waals surface area contributed by atoms with Gasteiger partial charge in [-0.3, -0.25) is 10.7 Å². The first-order valence-electron chi connectivity index (χ1n) is 4.92.